The number of aromatic nitrogens is 1. The third-order valence-electron chi connectivity index (χ3n) is 6.40. The van der Waals surface area contributed by atoms with Gasteiger partial charge in [-0.1, -0.05) is 30.3 Å². The predicted molar refractivity (Wildman–Crippen MR) is 132 cm³/mol. The summed E-state index contributed by atoms with van der Waals surface area (Å²) in [5, 5.41) is 4.11. The molecule has 0 spiro atoms. The molecule has 0 radical (unpaired) electrons. The van der Waals surface area contributed by atoms with E-state index in [-0.39, 0.29) is 11.8 Å². The van der Waals surface area contributed by atoms with Crippen LogP contribution in [0.1, 0.15) is 22.9 Å². The van der Waals surface area contributed by atoms with Gasteiger partial charge in [-0.3, -0.25) is 0 Å². The van der Waals surface area contributed by atoms with E-state index in [1.807, 2.05) is 18.2 Å². The summed E-state index contributed by atoms with van der Waals surface area (Å²) < 4.78 is 29.9. The average Bonchev–Trinajstić information content (AvgIpc) is 3.26. The van der Waals surface area contributed by atoms with E-state index in [4.69, 9.17) is 14.2 Å². The van der Waals surface area contributed by atoms with Crippen molar-refractivity contribution >= 4 is 22.6 Å². The van der Waals surface area contributed by atoms with Gasteiger partial charge in [-0.25, -0.2) is 9.18 Å². The predicted octanol–water partition coefficient (Wildman–Crippen LogP) is 5.51. The number of nitrogens with zero attached hydrogens (tertiary/aromatic N) is 1. The highest BCUT2D eigenvalue weighted by atomic mass is 19.1. The van der Waals surface area contributed by atoms with Crippen molar-refractivity contribution in [2.24, 2.45) is 0 Å². The van der Waals surface area contributed by atoms with Crippen LogP contribution in [0.3, 0.4) is 0 Å². The molecule has 2 N–H and O–H groups in total. The lowest BCUT2D eigenvalue weighted by atomic mass is 9.92. The van der Waals surface area contributed by atoms with Gasteiger partial charge in [-0.05, 0) is 35.7 Å². The van der Waals surface area contributed by atoms with E-state index in [9.17, 15) is 9.18 Å². The first-order valence-electron chi connectivity index (χ1n) is 11.3. The number of hydrogen-bond donors (Lipinski definition) is 2. The maximum absolute atomic E-state index is 13.7. The normalized spacial score (nSPS) is 15.0. The summed E-state index contributed by atoms with van der Waals surface area (Å²) in [5.74, 6) is 0.996. The van der Waals surface area contributed by atoms with Crippen LogP contribution in [0.15, 0.2) is 60.7 Å². The van der Waals surface area contributed by atoms with E-state index in [0.29, 0.717) is 35.9 Å². The molecule has 1 aliphatic heterocycles. The number of ether oxygens (including phenoxy) is 3. The van der Waals surface area contributed by atoms with Gasteiger partial charge in [-0.15, -0.1) is 0 Å². The molecule has 1 aromatic heterocycles. The topological polar surface area (TPSA) is 75.8 Å². The first-order chi connectivity index (χ1) is 17.0. The van der Waals surface area contributed by atoms with E-state index >= 15 is 0 Å². The molecule has 0 aliphatic carbocycles. The van der Waals surface area contributed by atoms with Crippen LogP contribution in [0.2, 0.25) is 0 Å². The molecule has 0 saturated heterocycles. The molecule has 2 amide bonds. The Hall–Kier alpha value is -4.20. The molecule has 0 bridgehead atoms. The van der Waals surface area contributed by atoms with Gasteiger partial charge in [0.1, 0.15) is 5.82 Å². The Bertz CT molecular complexity index is 1360. The molecule has 1 unspecified atom stereocenters. The zero-order chi connectivity index (χ0) is 24.5. The number of urea groups is 1. The lowest BCUT2D eigenvalue weighted by Crippen LogP contribution is -2.43. The second-order valence-corrected chi connectivity index (χ2v) is 8.30. The van der Waals surface area contributed by atoms with Crippen molar-refractivity contribution in [3.63, 3.8) is 0 Å². The Kier molecular flexibility index (Phi) is 5.94. The maximum atomic E-state index is 13.7. The minimum atomic E-state index is -0.409. The minimum absolute atomic E-state index is 0.294. The molecule has 0 fully saturated rings. The Labute approximate surface area is 202 Å². The van der Waals surface area contributed by atoms with E-state index in [2.05, 4.69) is 16.4 Å². The van der Waals surface area contributed by atoms with Crippen LogP contribution in [0.5, 0.6) is 17.2 Å². The largest absolute Gasteiger partial charge is 0.493 e. The minimum Gasteiger partial charge on any atom is -0.493 e. The fourth-order valence-electron chi connectivity index (χ4n) is 4.80. The van der Waals surface area contributed by atoms with Gasteiger partial charge in [0.25, 0.3) is 0 Å². The highest BCUT2D eigenvalue weighted by Gasteiger charge is 2.34. The molecular formula is C27H26FN3O4. The molecule has 180 valence electrons. The van der Waals surface area contributed by atoms with Crippen molar-refractivity contribution in [2.75, 3.05) is 33.2 Å². The Balaban J connectivity index is 1.54. The summed E-state index contributed by atoms with van der Waals surface area (Å²) in [6.45, 7) is 0.493. The van der Waals surface area contributed by atoms with E-state index in [1.54, 1.807) is 29.2 Å². The molecule has 1 atom stereocenters. The molecule has 7 nitrogen and oxygen atoms in total. The number of hydrogen-bond acceptors (Lipinski definition) is 4. The summed E-state index contributed by atoms with van der Waals surface area (Å²) in [4.78, 5) is 18.9. The van der Waals surface area contributed by atoms with E-state index in [0.717, 1.165) is 22.2 Å². The maximum Gasteiger partial charge on any atom is 0.322 e. The SMILES string of the molecule is COc1cc(NC(=O)N2CCc3c([nH]c4ccccc34)C2c2ccc(F)cc2)cc(OC)c1OC. The number of carbonyl (C=O) groups excluding carboxylic acids is 1. The molecule has 8 heteroatoms. The molecule has 5 rings (SSSR count). The van der Waals surface area contributed by atoms with Crippen molar-refractivity contribution in [3.05, 3.63) is 83.3 Å². The number of amides is 2. The zero-order valence-electron chi connectivity index (χ0n) is 19.7. The van der Waals surface area contributed by atoms with Crippen molar-refractivity contribution in [1.82, 2.24) is 9.88 Å². The second kappa shape index (κ2) is 9.21. The van der Waals surface area contributed by atoms with Crippen LogP contribution in [-0.4, -0.2) is 43.8 Å². The van der Waals surface area contributed by atoms with Gasteiger partial charge in [0.2, 0.25) is 5.75 Å². The van der Waals surface area contributed by atoms with Gasteiger partial charge in [-0.2, -0.15) is 0 Å². The van der Waals surface area contributed by atoms with Gasteiger partial charge in [0.15, 0.2) is 11.5 Å². The number of anilines is 1. The first kappa shape index (κ1) is 22.6. The number of H-pyrrole nitrogens is 1. The second-order valence-electron chi connectivity index (χ2n) is 8.30. The molecular weight excluding hydrogens is 449 g/mol. The first-order valence-corrected chi connectivity index (χ1v) is 11.3. The molecule has 2 heterocycles. The average molecular weight is 476 g/mol. The third-order valence-corrected chi connectivity index (χ3v) is 6.40. The number of methoxy groups -OCH3 is 3. The summed E-state index contributed by atoms with van der Waals surface area (Å²) in [6, 6.07) is 17.0. The van der Waals surface area contributed by atoms with Crippen molar-refractivity contribution < 1.29 is 23.4 Å². The summed E-state index contributed by atoms with van der Waals surface area (Å²) in [7, 11) is 4.57. The number of aromatic amines is 1. The number of benzene rings is 3. The van der Waals surface area contributed by atoms with Gasteiger partial charge in [0, 0.05) is 35.3 Å². The van der Waals surface area contributed by atoms with Gasteiger partial charge < -0.3 is 29.4 Å². The molecule has 35 heavy (non-hydrogen) atoms. The van der Waals surface area contributed by atoms with Crippen LogP contribution in [0.25, 0.3) is 10.9 Å². The van der Waals surface area contributed by atoms with Crippen molar-refractivity contribution in [3.8, 4) is 17.2 Å². The quantitative estimate of drug-likeness (QED) is 0.399. The summed E-state index contributed by atoms with van der Waals surface area (Å²) in [6.07, 6.45) is 0.694. The van der Waals surface area contributed by atoms with Crippen molar-refractivity contribution in [2.45, 2.75) is 12.5 Å². The number of fused-ring (bicyclic) bond motifs is 3. The number of para-hydroxylation sites is 1. The monoisotopic (exact) mass is 475 g/mol. The Morgan fingerprint density at radius 1 is 1.00 bits per heavy atom. The lowest BCUT2D eigenvalue weighted by Gasteiger charge is -2.36. The number of carbonyl (C=O) groups is 1. The van der Waals surface area contributed by atoms with Crippen LogP contribution >= 0.6 is 0 Å². The summed E-state index contributed by atoms with van der Waals surface area (Å²) in [5.41, 5.74) is 4.44. The van der Waals surface area contributed by atoms with Crippen LogP contribution in [-0.2, 0) is 6.42 Å². The molecule has 4 aromatic rings. The lowest BCUT2D eigenvalue weighted by molar-refractivity contribution is 0.193. The fourth-order valence-corrected chi connectivity index (χ4v) is 4.80. The van der Waals surface area contributed by atoms with Gasteiger partial charge >= 0.3 is 6.03 Å². The van der Waals surface area contributed by atoms with Gasteiger partial charge in [0.05, 0.1) is 33.1 Å². The Morgan fingerprint density at radius 2 is 1.69 bits per heavy atom. The van der Waals surface area contributed by atoms with E-state index < -0.39 is 6.04 Å². The highest BCUT2D eigenvalue weighted by molar-refractivity contribution is 5.92. The van der Waals surface area contributed by atoms with Crippen LogP contribution in [0, 0.1) is 5.82 Å². The Morgan fingerprint density at radius 3 is 2.34 bits per heavy atom. The summed E-state index contributed by atoms with van der Waals surface area (Å²) >= 11 is 0. The van der Waals surface area contributed by atoms with Crippen molar-refractivity contribution in [1.29, 1.82) is 0 Å². The van der Waals surface area contributed by atoms with Crippen LogP contribution < -0.4 is 19.5 Å². The smallest absolute Gasteiger partial charge is 0.322 e. The van der Waals surface area contributed by atoms with E-state index in [1.165, 1.54) is 39.0 Å². The molecule has 3 aromatic carbocycles. The molecule has 0 saturated carbocycles. The van der Waals surface area contributed by atoms with Crippen LogP contribution in [0.4, 0.5) is 14.9 Å². The molecule has 1 aliphatic rings. The standard InChI is InChI=1S/C27H26FN3O4/c1-33-22-14-18(15-23(34-2)26(22)35-3)29-27(32)31-13-12-20-19-6-4-5-7-21(19)30-24(20)25(31)16-8-10-17(28)11-9-16/h4-11,14-15,25,30H,12-13H2,1-3H3,(H,29,32). The number of rotatable bonds is 5. The third kappa shape index (κ3) is 4.01. The fraction of sp³-hybridized carbons (Fsp3) is 0.222. The highest BCUT2D eigenvalue weighted by Crippen LogP contribution is 2.41. The number of nitrogens with one attached hydrogen (secondary N) is 2. The zero-order valence-corrected chi connectivity index (χ0v) is 19.7. The number of halogens is 1.